The van der Waals surface area contributed by atoms with Crippen LogP contribution in [-0.2, 0) is 18.9 Å². The zero-order valence-electron chi connectivity index (χ0n) is 6.20. The molecule has 0 aliphatic carbocycles. The fourth-order valence-corrected chi connectivity index (χ4v) is 0.740. The molecule has 1 aliphatic heterocycles. The van der Waals surface area contributed by atoms with Crippen molar-refractivity contribution in [1.82, 2.24) is 0 Å². The zero-order chi connectivity index (χ0) is 7.40. The molecule has 60 valence electrons. The molecule has 1 fully saturated rings. The fourth-order valence-electron chi connectivity index (χ4n) is 0.740. The third kappa shape index (κ3) is 1.91. The summed E-state index contributed by atoms with van der Waals surface area (Å²) in [6, 6.07) is 0. The monoisotopic (exact) mass is 148 g/mol. The molecule has 4 nitrogen and oxygen atoms in total. The van der Waals surface area contributed by atoms with E-state index in [1.165, 1.54) is 0 Å². The molecule has 0 saturated carbocycles. The first-order valence-electron chi connectivity index (χ1n) is 3.15. The van der Waals surface area contributed by atoms with Gasteiger partial charge in [0.2, 0.25) is 0 Å². The second-order valence-corrected chi connectivity index (χ2v) is 2.00. The van der Waals surface area contributed by atoms with Gasteiger partial charge >= 0.3 is 0 Å². The molecule has 1 saturated heterocycles. The van der Waals surface area contributed by atoms with E-state index in [1.54, 1.807) is 14.2 Å². The minimum Gasteiger partial charge on any atom is -0.354 e. The molecule has 1 rings (SSSR count). The SMILES string of the molecule is CO[C@H]1CO[C@H](OC)CO1. The summed E-state index contributed by atoms with van der Waals surface area (Å²) in [5.74, 6) is 0. The predicted molar refractivity (Wildman–Crippen MR) is 33.5 cm³/mol. The standard InChI is InChI=1S/C6H12O4/c1-7-5-3-10-6(8-2)4-9-5/h5-6H,3-4H2,1-2H3/t5-,6+. The van der Waals surface area contributed by atoms with Crippen molar-refractivity contribution in [3.05, 3.63) is 0 Å². The summed E-state index contributed by atoms with van der Waals surface area (Å²) in [6.07, 6.45) is -0.460. The maximum absolute atomic E-state index is 5.16. The van der Waals surface area contributed by atoms with E-state index in [0.717, 1.165) is 0 Å². The van der Waals surface area contributed by atoms with Gasteiger partial charge < -0.3 is 18.9 Å². The summed E-state index contributed by atoms with van der Waals surface area (Å²) in [5, 5.41) is 0. The first kappa shape index (κ1) is 7.94. The van der Waals surface area contributed by atoms with E-state index in [1.807, 2.05) is 0 Å². The Morgan fingerprint density at radius 2 is 1.40 bits per heavy atom. The lowest BCUT2D eigenvalue weighted by molar-refractivity contribution is -0.277. The number of hydrogen-bond donors (Lipinski definition) is 0. The van der Waals surface area contributed by atoms with Crippen LogP contribution in [0.4, 0.5) is 0 Å². The molecule has 0 amide bonds. The van der Waals surface area contributed by atoms with Crippen LogP contribution in [0.25, 0.3) is 0 Å². The van der Waals surface area contributed by atoms with Crippen LogP contribution in [-0.4, -0.2) is 40.0 Å². The maximum Gasteiger partial charge on any atom is 0.180 e. The van der Waals surface area contributed by atoms with Gasteiger partial charge in [-0.15, -0.1) is 0 Å². The first-order valence-corrected chi connectivity index (χ1v) is 3.15. The predicted octanol–water partition coefficient (Wildman–Crippen LogP) is -0.0218. The lowest BCUT2D eigenvalue weighted by Gasteiger charge is -2.27. The van der Waals surface area contributed by atoms with Crippen molar-refractivity contribution >= 4 is 0 Å². The molecule has 1 aliphatic rings. The number of ether oxygens (including phenoxy) is 4. The second kappa shape index (κ2) is 3.88. The average molecular weight is 148 g/mol. The van der Waals surface area contributed by atoms with E-state index < -0.39 is 0 Å². The number of methoxy groups -OCH3 is 2. The Hall–Kier alpha value is -0.160. The number of rotatable bonds is 2. The zero-order valence-corrected chi connectivity index (χ0v) is 6.20. The third-order valence-electron chi connectivity index (χ3n) is 1.36. The molecule has 10 heavy (non-hydrogen) atoms. The van der Waals surface area contributed by atoms with Crippen LogP contribution >= 0.6 is 0 Å². The first-order chi connectivity index (χ1) is 4.86. The minimum atomic E-state index is -0.230. The van der Waals surface area contributed by atoms with Crippen molar-refractivity contribution in [2.45, 2.75) is 12.6 Å². The van der Waals surface area contributed by atoms with E-state index in [0.29, 0.717) is 13.2 Å². The van der Waals surface area contributed by atoms with Crippen molar-refractivity contribution in [3.63, 3.8) is 0 Å². The molecule has 2 atom stereocenters. The van der Waals surface area contributed by atoms with E-state index in [-0.39, 0.29) is 12.6 Å². The van der Waals surface area contributed by atoms with Crippen molar-refractivity contribution in [2.24, 2.45) is 0 Å². The molecule has 0 unspecified atom stereocenters. The van der Waals surface area contributed by atoms with Crippen LogP contribution in [0, 0.1) is 0 Å². The van der Waals surface area contributed by atoms with E-state index in [4.69, 9.17) is 18.9 Å². The summed E-state index contributed by atoms with van der Waals surface area (Å²) < 4.78 is 20.1. The molecule has 0 aromatic heterocycles. The summed E-state index contributed by atoms with van der Waals surface area (Å²) >= 11 is 0. The molecular formula is C6H12O4. The van der Waals surface area contributed by atoms with E-state index in [9.17, 15) is 0 Å². The van der Waals surface area contributed by atoms with Gasteiger partial charge in [-0.1, -0.05) is 0 Å². The Balaban J connectivity index is 2.17. The van der Waals surface area contributed by atoms with Crippen LogP contribution in [0.15, 0.2) is 0 Å². The molecule has 4 heteroatoms. The van der Waals surface area contributed by atoms with Crippen LogP contribution < -0.4 is 0 Å². The maximum atomic E-state index is 5.16. The number of hydrogen-bond acceptors (Lipinski definition) is 4. The van der Waals surface area contributed by atoms with Gasteiger partial charge in [-0.2, -0.15) is 0 Å². The summed E-state index contributed by atoms with van der Waals surface area (Å²) in [7, 11) is 3.17. The van der Waals surface area contributed by atoms with Gasteiger partial charge in [0, 0.05) is 14.2 Å². The highest BCUT2D eigenvalue weighted by Gasteiger charge is 2.20. The highest BCUT2D eigenvalue weighted by Crippen LogP contribution is 2.07. The second-order valence-electron chi connectivity index (χ2n) is 2.00. The van der Waals surface area contributed by atoms with Crippen LogP contribution in [0.5, 0.6) is 0 Å². The summed E-state index contributed by atoms with van der Waals surface area (Å²) in [5.41, 5.74) is 0. The van der Waals surface area contributed by atoms with Crippen molar-refractivity contribution in [1.29, 1.82) is 0 Å². The highest BCUT2D eigenvalue weighted by atomic mass is 16.8. The molecule has 0 N–H and O–H groups in total. The molecule has 1 heterocycles. The molecule has 0 bridgehead atoms. The van der Waals surface area contributed by atoms with Gasteiger partial charge in [0.25, 0.3) is 0 Å². The van der Waals surface area contributed by atoms with Gasteiger partial charge in [0.15, 0.2) is 12.6 Å². The summed E-state index contributed by atoms with van der Waals surface area (Å²) in [6.45, 7) is 0.879. The fraction of sp³-hybridized carbons (Fsp3) is 1.00. The minimum absolute atomic E-state index is 0.230. The molecule has 0 aromatic rings. The average Bonchev–Trinajstić information content (AvgIpc) is 2.05. The van der Waals surface area contributed by atoms with Crippen molar-refractivity contribution in [2.75, 3.05) is 27.4 Å². The van der Waals surface area contributed by atoms with Crippen LogP contribution in [0.3, 0.4) is 0 Å². The van der Waals surface area contributed by atoms with Crippen molar-refractivity contribution in [3.8, 4) is 0 Å². The van der Waals surface area contributed by atoms with E-state index in [2.05, 4.69) is 0 Å². The highest BCUT2D eigenvalue weighted by molar-refractivity contribution is 4.52. The van der Waals surface area contributed by atoms with Gasteiger partial charge in [-0.25, -0.2) is 0 Å². The van der Waals surface area contributed by atoms with Crippen molar-refractivity contribution < 1.29 is 18.9 Å². The largest absolute Gasteiger partial charge is 0.354 e. The van der Waals surface area contributed by atoms with Crippen LogP contribution in [0.1, 0.15) is 0 Å². The van der Waals surface area contributed by atoms with Crippen LogP contribution in [0.2, 0.25) is 0 Å². The lowest BCUT2D eigenvalue weighted by Crippen LogP contribution is -2.37. The Kier molecular flexibility index (Phi) is 3.08. The Morgan fingerprint density at radius 1 is 1.00 bits per heavy atom. The topological polar surface area (TPSA) is 36.9 Å². The molecule has 0 aromatic carbocycles. The van der Waals surface area contributed by atoms with Gasteiger partial charge in [-0.05, 0) is 0 Å². The Morgan fingerprint density at radius 3 is 1.60 bits per heavy atom. The Bertz CT molecular complexity index is 75.7. The normalized spacial score (nSPS) is 34.2. The molecule has 0 radical (unpaired) electrons. The van der Waals surface area contributed by atoms with Gasteiger partial charge in [0.05, 0.1) is 0 Å². The lowest BCUT2D eigenvalue weighted by atomic mass is 10.5. The third-order valence-corrected chi connectivity index (χ3v) is 1.36. The Labute approximate surface area is 60.0 Å². The smallest absolute Gasteiger partial charge is 0.180 e. The van der Waals surface area contributed by atoms with E-state index >= 15 is 0 Å². The molecule has 0 spiro atoms. The van der Waals surface area contributed by atoms with Gasteiger partial charge in [-0.3, -0.25) is 0 Å². The quantitative estimate of drug-likeness (QED) is 0.551. The summed E-state index contributed by atoms with van der Waals surface area (Å²) in [4.78, 5) is 0. The molecular weight excluding hydrogens is 136 g/mol. The van der Waals surface area contributed by atoms with Gasteiger partial charge in [0.1, 0.15) is 13.2 Å².